The molecule has 1 N–H and O–H groups in total. The van der Waals surface area contributed by atoms with Gasteiger partial charge >= 0.3 is 0 Å². The standard InChI is InChI=1S/C18H24BrN3O3/c19-15-3-1-2-4-16(15)20-17(23)13-21-7-5-14(6-8-21)18(24)22-9-11-25-12-10-22/h1-4,14H,5-13H2,(H,20,23). The first-order valence-corrected chi connectivity index (χ1v) is 9.56. The summed E-state index contributed by atoms with van der Waals surface area (Å²) in [5, 5.41) is 2.93. The Hall–Kier alpha value is -1.44. The zero-order chi connectivity index (χ0) is 17.6. The molecule has 2 fully saturated rings. The molecule has 6 nitrogen and oxygen atoms in total. The number of hydrogen-bond donors (Lipinski definition) is 1. The fourth-order valence-electron chi connectivity index (χ4n) is 3.34. The summed E-state index contributed by atoms with van der Waals surface area (Å²) < 4.78 is 6.18. The SMILES string of the molecule is O=C(CN1CCC(C(=O)N2CCOCC2)CC1)Nc1ccccc1Br. The van der Waals surface area contributed by atoms with Gasteiger partial charge in [-0.15, -0.1) is 0 Å². The summed E-state index contributed by atoms with van der Waals surface area (Å²) in [6.07, 6.45) is 1.64. The average Bonchev–Trinajstić information content (AvgIpc) is 2.64. The molecule has 7 heteroatoms. The third-order valence-electron chi connectivity index (χ3n) is 4.77. The van der Waals surface area contributed by atoms with Crippen LogP contribution >= 0.6 is 15.9 Å². The molecule has 25 heavy (non-hydrogen) atoms. The van der Waals surface area contributed by atoms with Gasteiger partial charge in [-0.05, 0) is 54.0 Å². The van der Waals surface area contributed by atoms with Crippen LogP contribution in [0.1, 0.15) is 12.8 Å². The van der Waals surface area contributed by atoms with Gasteiger partial charge in [0, 0.05) is 23.5 Å². The highest BCUT2D eigenvalue weighted by molar-refractivity contribution is 9.10. The molecule has 0 bridgehead atoms. The Morgan fingerprint density at radius 3 is 2.48 bits per heavy atom. The van der Waals surface area contributed by atoms with E-state index in [1.54, 1.807) is 0 Å². The predicted octanol–water partition coefficient (Wildman–Crippen LogP) is 1.96. The monoisotopic (exact) mass is 409 g/mol. The summed E-state index contributed by atoms with van der Waals surface area (Å²) in [6.45, 7) is 4.61. The molecule has 0 unspecified atom stereocenters. The van der Waals surface area contributed by atoms with Crippen molar-refractivity contribution < 1.29 is 14.3 Å². The summed E-state index contributed by atoms with van der Waals surface area (Å²) in [6, 6.07) is 7.58. The van der Waals surface area contributed by atoms with Crippen LogP contribution in [0.15, 0.2) is 28.7 Å². The van der Waals surface area contributed by atoms with Crippen LogP contribution in [-0.4, -0.2) is 67.6 Å². The van der Waals surface area contributed by atoms with Gasteiger partial charge in [0.2, 0.25) is 11.8 Å². The first kappa shape index (κ1) is 18.4. The Kier molecular flexibility index (Phi) is 6.45. The molecule has 0 aromatic heterocycles. The number of piperidine rings is 1. The maximum atomic E-state index is 12.5. The van der Waals surface area contributed by atoms with Crippen molar-refractivity contribution >= 4 is 33.4 Å². The van der Waals surface area contributed by atoms with Gasteiger partial charge in [0.15, 0.2) is 0 Å². The lowest BCUT2D eigenvalue weighted by molar-refractivity contribution is -0.141. The van der Waals surface area contributed by atoms with Crippen LogP contribution in [0.5, 0.6) is 0 Å². The van der Waals surface area contributed by atoms with Gasteiger partial charge in [0.25, 0.3) is 0 Å². The first-order valence-electron chi connectivity index (χ1n) is 8.77. The minimum absolute atomic E-state index is 0.0233. The Morgan fingerprint density at radius 1 is 1.12 bits per heavy atom. The number of halogens is 1. The smallest absolute Gasteiger partial charge is 0.238 e. The number of benzene rings is 1. The zero-order valence-corrected chi connectivity index (χ0v) is 15.8. The van der Waals surface area contributed by atoms with Crippen LogP contribution in [0.3, 0.4) is 0 Å². The fraction of sp³-hybridized carbons (Fsp3) is 0.556. The summed E-state index contributed by atoms with van der Waals surface area (Å²) in [7, 11) is 0. The lowest BCUT2D eigenvalue weighted by atomic mass is 9.95. The van der Waals surface area contributed by atoms with E-state index < -0.39 is 0 Å². The molecule has 1 aromatic rings. The van der Waals surface area contributed by atoms with Gasteiger partial charge in [-0.1, -0.05) is 12.1 Å². The van der Waals surface area contributed by atoms with Gasteiger partial charge in [0.1, 0.15) is 0 Å². The van der Waals surface area contributed by atoms with E-state index in [9.17, 15) is 9.59 Å². The maximum Gasteiger partial charge on any atom is 0.238 e. The lowest BCUT2D eigenvalue weighted by Gasteiger charge is -2.35. The molecule has 0 aliphatic carbocycles. The van der Waals surface area contributed by atoms with Crippen molar-refractivity contribution in [1.82, 2.24) is 9.80 Å². The second kappa shape index (κ2) is 8.78. The molecule has 2 aliphatic rings. The van der Waals surface area contributed by atoms with Crippen molar-refractivity contribution in [1.29, 1.82) is 0 Å². The van der Waals surface area contributed by atoms with Crippen LogP contribution in [0, 0.1) is 5.92 Å². The van der Waals surface area contributed by atoms with Crippen molar-refractivity contribution in [3.05, 3.63) is 28.7 Å². The summed E-state index contributed by atoms with van der Waals surface area (Å²) in [5.74, 6) is 0.311. The molecule has 2 amide bonds. The van der Waals surface area contributed by atoms with Crippen LogP contribution in [0.25, 0.3) is 0 Å². The van der Waals surface area contributed by atoms with Crippen molar-refractivity contribution in [2.75, 3.05) is 51.3 Å². The molecule has 0 spiro atoms. The largest absolute Gasteiger partial charge is 0.378 e. The number of carbonyl (C=O) groups excluding carboxylic acids is 2. The second-order valence-electron chi connectivity index (χ2n) is 6.52. The van der Waals surface area contributed by atoms with Crippen molar-refractivity contribution in [3.8, 4) is 0 Å². The number of rotatable bonds is 4. The van der Waals surface area contributed by atoms with E-state index in [1.165, 1.54) is 0 Å². The van der Waals surface area contributed by atoms with E-state index in [2.05, 4.69) is 26.1 Å². The number of ether oxygens (including phenoxy) is 1. The first-order chi connectivity index (χ1) is 12.1. The maximum absolute atomic E-state index is 12.5. The Labute approximate surface area is 156 Å². The lowest BCUT2D eigenvalue weighted by Crippen LogP contribution is -2.47. The van der Waals surface area contributed by atoms with Crippen LogP contribution in [0.4, 0.5) is 5.69 Å². The topological polar surface area (TPSA) is 61.9 Å². The Balaban J connectivity index is 1.43. The second-order valence-corrected chi connectivity index (χ2v) is 7.37. The highest BCUT2D eigenvalue weighted by Gasteiger charge is 2.29. The van der Waals surface area contributed by atoms with Crippen LogP contribution in [-0.2, 0) is 14.3 Å². The molecular weight excluding hydrogens is 386 g/mol. The molecule has 2 saturated heterocycles. The number of nitrogens with one attached hydrogen (secondary N) is 1. The average molecular weight is 410 g/mol. The van der Waals surface area contributed by atoms with Gasteiger partial charge in [-0.2, -0.15) is 0 Å². The van der Waals surface area contributed by atoms with E-state index >= 15 is 0 Å². The Bertz CT molecular complexity index is 611. The third-order valence-corrected chi connectivity index (χ3v) is 5.47. The van der Waals surface area contributed by atoms with Crippen molar-refractivity contribution in [3.63, 3.8) is 0 Å². The molecule has 3 rings (SSSR count). The predicted molar refractivity (Wildman–Crippen MR) is 99.3 cm³/mol. The highest BCUT2D eigenvalue weighted by Crippen LogP contribution is 2.22. The van der Waals surface area contributed by atoms with Gasteiger partial charge < -0.3 is 15.0 Å². The highest BCUT2D eigenvalue weighted by atomic mass is 79.9. The number of carbonyl (C=O) groups is 2. The third kappa shape index (κ3) is 5.03. The molecule has 2 heterocycles. The molecular formula is C18H24BrN3O3. The quantitative estimate of drug-likeness (QED) is 0.825. The van der Waals surface area contributed by atoms with Crippen molar-refractivity contribution in [2.45, 2.75) is 12.8 Å². The number of para-hydroxylation sites is 1. The molecule has 1 aromatic carbocycles. The molecule has 0 radical (unpaired) electrons. The number of morpholine rings is 1. The van der Waals surface area contributed by atoms with Crippen LogP contribution < -0.4 is 5.32 Å². The van der Waals surface area contributed by atoms with Gasteiger partial charge in [-0.3, -0.25) is 14.5 Å². The molecule has 0 saturated carbocycles. The van der Waals surface area contributed by atoms with E-state index in [4.69, 9.17) is 4.74 Å². The van der Waals surface area contributed by atoms with E-state index in [-0.39, 0.29) is 17.7 Å². The van der Waals surface area contributed by atoms with E-state index in [1.807, 2.05) is 29.2 Å². The number of likely N-dealkylation sites (tertiary alicyclic amines) is 1. The van der Waals surface area contributed by atoms with Crippen molar-refractivity contribution in [2.24, 2.45) is 5.92 Å². The zero-order valence-electron chi connectivity index (χ0n) is 14.2. The number of nitrogens with zero attached hydrogens (tertiary/aromatic N) is 2. The number of amides is 2. The normalized spacial score (nSPS) is 19.6. The molecule has 0 atom stereocenters. The molecule has 136 valence electrons. The summed E-state index contributed by atoms with van der Waals surface area (Å²) in [5.41, 5.74) is 0.782. The minimum Gasteiger partial charge on any atom is -0.378 e. The number of anilines is 1. The van der Waals surface area contributed by atoms with E-state index in [0.29, 0.717) is 32.8 Å². The summed E-state index contributed by atoms with van der Waals surface area (Å²) >= 11 is 3.43. The van der Waals surface area contributed by atoms with Gasteiger partial charge in [0.05, 0.1) is 25.4 Å². The van der Waals surface area contributed by atoms with E-state index in [0.717, 1.165) is 36.1 Å². The minimum atomic E-state index is -0.0233. The van der Waals surface area contributed by atoms with Crippen LogP contribution in [0.2, 0.25) is 0 Å². The molecule has 2 aliphatic heterocycles. The number of hydrogen-bond acceptors (Lipinski definition) is 4. The summed E-state index contributed by atoms with van der Waals surface area (Å²) in [4.78, 5) is 28.8. The Morgan fingerprint density at radius 2 is 1.80 bits per heavy atom. The fourth-order valence-corrected chi connectivity index (χ4v) is 3.72. The van der Waals surface area contributed by atoms with Gasteiger partial charge in [-0.25, -0.2) is 0 Å².